The van der Waals surface area contributed by atoms with Gasteiger partial charge in [-0.2, -0.15) is 0 Å². The highest BCUT2D eigenvalue weighted by molar-refractivity contribution is 7.14. The van der Waals surface area contributed by atoms with Gasteiger partial charge in [0, 0.05) is 29.5 Å². The highest BCUT2D eigenvalue weighted by Crippen LogP contribution is 2.34. The van der Waals surface area contributed by atoms with Crippen LogP contribution in [0.4, 0.5) is 5.13 Å². The topological polar surface area (TPSA) is 92.8 Å². The molecule has 4 rings (SSSR count). The first-order valence-corrected chi connectivity index (χ1v) is 12.5. The number of aromatic nitrogens is 1. The zero-order valence-corrected chi connectivity index (χ0v) is 20.8. The van der Waals surface area contributed by atoms with Crippen LogP contribution in [0.3, 0.4) is 0 Å². The second-order valence-corrected chi connectivity index (χ2v) is 9.26. The SMILES string of the molecule is COc1ccc(-c2csc(NC(=O)CN3CCC(C(=O)NCc4ccccc4)CC3)n2)c(OC)c1. The lowest BCUT2D eigenvalue weighted by Crippen LogP contribution is -2.43. The number of thiazole rings is 1. The quantitative estimate of drug-likeness (QED) is 0.470. The van der Waals surface area contributed by atoms with Crippen molar-refractivity contribution in [3.8, 4) is 22.8 Å². The van der Waals surface area contributed by atoms with E-state index in [2.05, 4.69) is 20.5 Å². The van der Waals surface area contributed by atoms with Crippen LogP contribution in [-0.2, 0) is 16.1 Å². The van der Waals surface area contributed by atoms with Gasteiger partial charge in [-0.25, -0.2) is 4.98 Å². The molecule has 0 saturated carbocycles. The molecule has 35 heavy (non-hydrogen) atoms. The number of amides is 2. The largest absolute Gasteiger partial charge is 0.497 e. The fraction of sp³-hybridized carbons (Fsp3) is 0.346. The molecule has 1 aliphatic heterocycles. The van der Waals surface area contributed by atoms with Crippen LogP contribution in [0, 0.1) is 5.92 Å². The Morgan fingerprint density at radius 1 is 1.09 bits per heavy atom. The number of hydrogen-bond donors (Lipinski definition) is 2. The van der Waals surface area contributed by atoms with Gasteiger partial charge in [0.15, 0.2) is 5.13 Å². The number of nitrogens with one attached hydrogen (secondary N) is 2. The lowest BCUT2D eigenvalue weighted by atomic mass is 9.96. The van der Waals surface area contributed by atoms with Gasteiger partial charge in [-0.3, -0.25) is 14.5 Å². The van der Waals surface area contributed by atoms with E-state index in [9.17, 15) is 9.59 Å². The summed E-state index contributed by atoms with van der Waals surface area (Å²) in [5.41, 5.74) is 2.65. The number of rotatable bonds is 9. The van der Waals surface area contributed by atoms with Crippen LogP contribution in [0.15, 0.2) is 53.9 Å². The van der Waals surface area contributed by atoms with Gasteiger partial charge in [-0.05, 0) is 43.6 Å². The van der Waals surface area contributed by atoms with Gasteiger partial charge in [0.2, 0.25) is 11.8 Å². The molecule has 2 amide bonds. The van der Waals surface area contributed by atoms with E-state index in [1.54, 1.807) is 20.3 Å². The maximum atomic E-state index is 12.6. The van der Waals surface area contributed by atoms with Crippen molar-refractivity contribution in [3.05, 3.63) is 59.5 Å². The van der Waals surface area contributed by atoms with E-state index >= 15 is 0 Å². The molecule has 0 aliphatic carbocycles. The van der Waals surface area contributed by atoms with E-state index in [1.807, 2.05) is 47.8 Å². The summed E-state index contributed by atoms with van der Waals surface area (Å²) in [6.07, 6.45) is 1.49. The average Bonchev–Trinajstić information content (AvgIpc) is 3.35. The molecular formula is C26H30N4O4S. The minimum atomic E-state index is -0.112. The van der Waals surface area contributed by atoms with E-state index in [0.29, 0.717) is 36.3 Å². The van der Waals surface area contributed by atoms with Gasteiger partial charge in [-0.15, -0.1) is 11.3 Å². The number of methoxy groups -OCH3 is 2. The van der Waals surface area contributed by atoms with E-state index in [4.69, 9.17) is 9.47 Å². The predicted molar refractivity (Wildman–Crippen MR) is 137 cm³/mol. The molecule has 2 heterocycles. The van der Waals surface area contributed by atoms with Gasteiger partial charge >= 0.3 is 0 Å². The van der Waals surface area contributed by atoms with Crippen LogP contribution >= 0.6 is 11.3 Å². The molecule has 0 spiro atoms. The minimum Gasteiger partial charge on any atom is -0.497 e. The summed E-state index contributed by atoms with van der Waals surface area (Å²) < 4.78 is 10.7. The first kappa shape index (κ1) is 24.7. The molecule has 0 bridgehead atoms. The van der Waals surface area contributed by atoms with Crippen molar-refractivity contribution in [2.75, 3.05) is 39.2 Å². The number of ether oxygens (including phenoxy) is 2. The molecular weight excluding hydrogens is 464 g/mol. The minimum absolute atomic E-state index is 0.0148. The lowest BCUT2D eigenvalue weighted by molar-refractivity contribution is -0.126. The van der Waals surface area contributed by atoms with Crippen LogP contribution in [-0.4, -0.2) is 55.6 Å². The number of carbonyl (C=O) groups excluding carboxylic acids is 2. The van der Waals surface area contributed by atoms with Crippen molar-refractivity contribution < 1.29 is 19.1 Å². The van der Waals surface area contributed by atoms with E-state index < -0.39 is 0 Å². The number of hydrogen-bond acceptors (Lipinski definition) is 7. The highest BCUT2D eigenvalue weighted by atomic mass is 32.1. The molecule has 1 aromatic heterocycles. The third-order valence-corrected chi connectivity index (χ3v) is 6.83. The fourth-order valence-electron chi connectivity index (χ4n) is 4.11. The molecule has 1 saturated heterocycles. The standard InChI is InChI=1S/C26H30N4O4S/c1-33-20-8-9-21(23(14-20)34-2)22-17-35-26(28-22)29-24(31)16-30-12-10-19(11-13-30)25(32)27-15-18-6-4-3-5-7-18/h3-9,14,17,19H,10-13,15-16H2,1-2H3,(H,27,32)(H,28,29,31). The number of benzene rings is 2. The molecule has 2 N–H and O–H groups in total. The monoisotopic (exact) mass is 494 g/mol. The van der Waals surface area contributed by atoms with Crippen molar-refractivity contribution in [2.45, 2.75) is 19.4 Å². The molecule has 9 heteroatoms. The van der Waals surface area contributed by atoms with Crippen LogP contribution in [0.1, 0.15) is 18.4 Å². The maximum Gasteiger partial charge on any atom is 0.240 e. The zero-order valence-electron chi connectivity index (χ0n) is 20.0. The number of piperidine rings is 1. The van der Waals surface area contributed by atoms with Crippen molar-refractivity contribution in [2.24, 2.45) is 5.92 Å². The summed E-state index contributed by atoms with van der Waals surface area (Å²) in [7, 11) is 3.21. The summed E-state index contributed by atoms with van der Waals surface area (Å²) in [4.78, 5) is 31.7. The maximum absolute atomic E-state index is 12.6. The number of carbonyl (C=O) groups is 2. The molecule has 3 aromatic rings. The van der Waals surface area contributed by atoms with E-state index in [1.165, 1.54) is 11.3 Å². The number of anilines is 1. The first-order chi connectivity index (χ1) is 17.1. The van der Waals surface area contributed by atoms with Gasteiger partial charge in [-0.1, -0.05) is 30.3 Å². The fourth-order valence-corrected chi connectivity index (χ4v) is 4.84. The number of nitrogens with zero attached hydrogens (tertiary/aromatic N) is 2. The Morgan fingerprint density at radius 2 is 1.86 bits per heavy atom. The third kappa shape index (κ3) is 6.58. The Morgan fingerprint density at radius 3 is 2.57 bits per heavy atom. The summed E-state index contributed by atoms with van der Waals surface area (Å²) in [5, 5.41) is 8.35. The van der Waals surface area contributed by atoms with Gasteiger partial charge in [0.05, 0.1) is 26.5 Å². The second kappa shape index (κ2) is 11.8. The average molecular weight is 495 g/mol. The van der Waals surface area contributed by atoms with Crippen molar-refractivity contribution in [1.82, 2.24) is 15.2 Å². The Hall–Kier alpha value is -3.43. The predicted octanol–water partition coefficient (Wildman–Crippen LogP) is 3.79. The Kier molecular flexibility index (Phi) is 8.33. The Labute approximate surface area is 209 Å². The van der Waals surface area contributed by atoms with Crippen LogP contribution in [0.2, 0.25) is 0 Å². The molecule has 184 valence electrons. The van der Waals surface area contributed by atoms with Gasteiger partial charge < -0.3 is 20.1 Å². The second-order valence-electron chi connectivity index (χ2n) is 8.41. The van der Waals surface area contributed by atoms with E-state index in [0.717, 1.165) is 29.7 Å². The summed E-state index contributed by atoms with van der Waals surface area (Å²) in [6, 6.07) is 15.4. The lowest BCUT2D eigenvalue weighted by Gasteiger charge is -2.30. The molecule has 8 nitrogen and oxygen atoms in total. The number of likely N-dealkylation sites (tertiary alicyclic amines) is 1. The molecule has 1 fully saturated rings. The van der Waals surface area contributed by atoms with Crippen molar-refractivity contribution >= 4 is 28.3 Å². The molecule has 0 atom stereocenters. The third-order valence-electron chi connectivity index (χ3n) is 6.07. The molecule has 0 radical (unpaired) electrons. The van der Waals surface area contributed by atoms with Gasteiger partial charge in [0.25, 0.3) is 0 Å². The van der Waals surface area contributed by atoms with E-state index in [-0.39, 0.29) is 24.3 Å². The first-order valence-electron chi connectivity index (χ1n) is 11.6. The Bertz CT molecular complexity index is 1140. The van der Waals surface area contributed by atoms with Crippen molar-refractivity contribution in [1.29, 1.82) is 0 Å². The highest BCUT2D eigenvalue weighted by Gasteiger charge is 2.26. The van der Waals surface area contributed by atoms with Crippen molar-refractivity contribution in [3.63, 3.8) is 0 Å². The van der Waals surface area contributed by atoms with Gasteiger partial charge in [0.1, 0.15) is 11.5 Å². The Balaban J connectivity index is 1.24. The smallest absolute Gasteiger partial charge is 0.240 e. The normalized spacial score (nSPS) is 14.3. The summed E-state index contributed by atoms with van der Waals surface area (Å²) in [5.74, 6) is 1.32. The molecule has 0 unspecified atom stereocenters. The molecule has 2 aromatic carbocycles. The van der Waals surface area contributed by atoms with Crippen LogP contribution in [0.5, 0.6) is 11.5 Å². The molecule has 1 aliphatic rings. The zero-order chi connectivity index (χ0) is 24.6. The van der Waals surface area contributed by atoms with Crippen LogP contribution in [0.25, 0.3) is 11.3 Å². The van der Waals surface area contributed by atoms with Crippen LogP contribution < -0.4 is 20.1 Å². The summed E-state index contributed by atoms with van der Waals surface area (Å²) in [6.45, 7) is 2.24. The summed E-state index contributed by atoms with van der Waals surface area (Å²) >= 11 is 1.37.